The zero-order valence-corrected chi connectivity index (χ0v) is 8.61. The van der Waals surface area contributed by atoms with Crippen molar-refractivity contribution in [3.8, 4) is 0 Å². The molecule has 0 fully saturated rings. The van der Waals surface area contributed by atoms with Crippen LogP contribution in [0.2, 0.25) is 0 Å². The second-order valence-electron chi connectivity index (χ2n) is 3.31. The lowest BCUT2D eigenvalue weighted by molar-refractivity contribution is 0.202. The van der Waals surface area contributed by atoms with Gasteiger partial charge in [0.1, 0.15) is 6.73 Å². The van der Waals surface area contributed by atoms with Gasteiger partial charge in [-0.15, -0.1) is 0 Å². The van der Waals surface area contributed by atoms with Gasteiger partial charge in [-0.05, 0) is 12.1 Å². The Morgan fingerprint density at radius 3 is 3.07 bits per heavy atom. The molecule has 0 amide bonds. The molecule has 0 bridgehead atoms. The molecule has 0 aliphatic heterocycles. The Labute approximate surface area is 86.3 Å². The average Bonchev–Trinajstić information content (AvgIpc) is 2.57. The summed E-state index contributed by atoms with van der Waals surface area (Å²) in [5, 5.41) is 0. The first-order valence-electron chi connectivity index (χ1n) is 4.53. The molecule has 1 N–H and O–H groups in total. The van der Waals surface area contributed by atoms with Crippen molar-refractivity contribution in [1.82, 2.24) is 4.98 Å². The van der Waals surface area contributed by atoms with Crippen molar-refractivity contribution in [3.05, 3.63) is 28.7 Å². The Hall–Kier alpha value is -1.75. The van der Waals surface area contributed by atoms with Gasteiger partial charge < -0.3 is 14.1 Å². The van der Waals surface area contributed by atoms with Crippen molar-refractivity contribution in [2.24, 2.45) is 0 Å². The molecule has 2 rings (SSSR count). The highest BCUT2D eigenvalue weighted by Crippen LogP contribution is 2.18. The van der Waals surface area contributed by atoms with E-state index in [1.807, 2.05) is 24.1 Å². The molecule has 0 unspecified atom stereocenters. The summed E-state index contributed by atoms with van der Waals surface area (Å²) in [5.74, 6) is -0.434. The Morgan fingerprint density at radius 1 is 1.53 bits per heavy atom. The number of benzene rings is 1. The number of methoxy groups -OCH3 is 1. The van der Waals surface area contributed by atoms with Crippen LogP contribution in [0, 0.1) is 0 Å². The van der Waals surface area contributed by atoms with E-state index in [9.17, 15) is 4.79 Å². The van der Waals surface area contributed by atoms with E-state index in [1.165, 1.54) is 0 Å². The molecule has 0 aliphatic carbocycles. The smallest absolute Gasteiger partial charge is 0.408 e. The number of ether oxygens (including phenoxy) is 1. The van der Waals surface area contributed by atoms with Crippen LogP contribution in [0.15, 0.2) is 27.4 Å². The van der Waals surface area contributed by atoms with Gasteiger partial charge in [0, 0.05) is 25.9 Å². The molecular formula is C10H12N2O3. The standard InChI is InChI=1S/C10H12N2O3/c1-12(6-14-2)7-3-4-8-9(5-7)15-10(13)11-8/h3-5H,6H2,1-2H3,(H,11,13). The fraction of sp³-hybridized carbons (Fsp3) is 0.300. The van der Waals surface area contributed by atoms with E-state index in [1.54, 1.807) is 13.2 Å². The van der Waals surface area contributed by atoms with Crippen LogP contribution in [0.1, 0.15) is 0 Å². The van der Waals surface area contributed by atoms with Gasteiger partial charge in [0.15, 0.2) is 5.58 Å². The summed E-state index contributed by atoms with van der Waals surface area (Å²) in [6.45, 7) is 0.486. The number of aromatic amines is 1. The average molecular weight is 208 g/mol. The minimum atomic E-state index is -0.434. The molecule has 1 heterocycles. The SMILES string of the molecule is COCN(C)c1ccc2[nH]c(=O)oc2c1. The normalized spacial score (nSPS) is 10.8. The Kier molecular flexibility index (Phi) is 2.47. The molecule has 80 valence electrons. The Balaban J connectivity index is 2.41. The number of nitrogens with zero attached hydrogens (tertiary/aromatic N) is 1. The van der Waals surface area contributed by atoms with Crippen LogP contribution >= 0.6 is 0 Å². The van der Waals surface area contributed by atoms with Gasteiger partial charge in [-0.1, -0.05) is 0 Å². The van der Waals surface area contributed by atoms with E-state index in [2.05, 4.69) is 4.98 Å². The molecule has 1 aromatic heterocycles. The van der Waals surface area contributed by atoms with Crippen LogP contribution in [-0.2, 0) is 4.74 Å². The largest absolute Gasteiger partial charge is 0.417 e. The van der Waals surface area contributed by atoms with E-state index >= 15 is 0 Å². The fourth-order valence-corrected chi connectivity index (χ4v) is 1.44. The van der Waals surface area contributed by atoms with Crippen molar-refractivity contribution in [2.45, 2.75) is 0 Å². The number of fused-ring (bicyclic) bond motifs is 1. The first-order valence-corrected chi connectivity index (χ1v) is 4.53. The van der Waals surface area contributed by atoms with Crippen molar-refractivity contribution in [2.75, 3.05) is 25.8 Å². The molecule has 5 nitrogen and oxygen atoms in total. The maximum absolute atomic E-state index is 10.9. The fourth-order valence-electron chi connectivity index (χ4n) is 1.44. The van der Waals surface area contributed by atoms with E-state index < -0.39 is 5.76 Å². The molecule has 15 heavy (non-hydrogen) atoms. The van der Waals surface area contributed by atoms with E-state index in [0.717, 1.165) is 5.69 Å². The van der Waals surface area contributed by atoms with Crippen LogP contribution in [0.3, 0.4) is 0 Å². The lowest BCUT2D eigenvalue weighted by Crippen LogP contribution is -2.19. The van der Waals surface area contributed by atoms with Crippen molar-refractivity contribution < 1.29 is 9.15 Å². The predicted octanol–water partition coefficient (Wildman–Crippen LogP) is 1.16. The molecule has 2 aromatic rings. The van der Waals surface area contributed by atoms with E-state index in [0.29, 0.717) is 17.8 Å². The van der Waals surface area contributed by atoms with Crippen LogP contribution in [-0.4, -0.2) is 25.9 Å². The third-order valence-corrected chi connectivity index (χ3v) is 2.17. The molecule has 0 radical (unpaired) electrons. The van der Waals surface area contributed by atoms with Gasteiger partial charge >= 0.3 is 5.76 Å². The number of oxazole rings is 1. The number of anilines is 1. The maximum atomic E-state index is 10.9. The number of rotatable bonds is 3. The number of hydrogen-bond donors (Lipinski definition) is 1. The predicted molar refractivity (Wildman–Crippen MR) is 57.1 cm³/mol. The Morgan fingerprint density at radius 2 is 2.33 bits per heavy atom. The molecule has 1 aromatic carbocycles. The van der Waals surface area contributed by atoms with E-state index in [4.69, 9.17) is 9.15 Å². The minimum Gasteiger partial charge on any atom is -0.408 e. The summed E-state index contributed by atoms with van der Waals surface area (Å²) in [6.07, 6.45) is 0. The zero-order valence-electron chi connectivity index (χ0n) is 8.61. The monoisotopic (exact) mass is 208 g/mol. The van der Waals surface area contributed by atoms with Crippen molar-refractivity contribution >= 4 is 16.8 Å². The topological polar surface area (TPSA) is 58.5 Å². The number of hydrogen-bond acceptors (Lipinski definition) is 4. The number of nitrogens with one attached hydrogen (secondary N) is 1. The lowest BCUT2D eigenvalue weighted by atomic mass is 10.3. The summed E-state index contributed by atoms with van der Waals surface area (Å²) in [5.41, 5.74) is 2.20. The van der Waals surface area contributed by atoms with Gasteiger partial charge in [0.05, 0.1) is 5.52 Å². The highest BCUT2D eigenvalue weighted by Gasteiger charge is 2.04. The van der Waals surface area contributed by atoms with Crippen LogP contribution in [0.4, 0.5) is 5.69 Å². The van der Waals surface area contributed by atoms with Gasteiger partial charge in [0.2, 0.25) is 0 Å². The second kappa shape index (κ2) is 3.78. The number of H-pyrrole nitrogens is 1. The third kappa shape index (κ3) is 1.87. The molecule has 5 heteroatoms. The van der Waals surface area contributed by atoms with Crippen LogP contribution in [0.5, 0.6) is 0 Å². The van der Waals surface area contributed by atoms with Crippen LogP contribution in [0.25, 0.3) is 11.1 Å². The quantitative estimate of drug-likeness (QED) is 0.769. The van der Waals surface area contributed by atoms with Gasteiger partial charge in [0.25, 0.3) is 0 Å². The van der Waals surface area contributed by atoms with Gasteiger partial charge in [-0.25, -0.2) is 4.79 Å². The zero-order chi connectivity index (χ0) is 10.8. The molecule has 0 atom stereocenters. The second-order valence-corrected chi connectivity index (χ2v) is 3.31. The third-order valence-electron chi connectivity index (χ3n) is 2.17. The molecule has 0 spiro atoms. The highest BCUT2D eigenvalue weighted by atomic mass is 16.5. The summed E-state index contributed by atoms with van der Waals surface area (Å²) >= 11 is 0. The highest BCUT2D eigenvalue weighted by molar-refractivity contribution is 5.76. The summed E-state index contributed by atoms with van der Waals surface area (Å²) in [7, 11) is 3.53. The first-order chi connectivity index (χ1) is 7.20. The van der Waals surface area contributed by atoms with E-state index in [-0.39, 0.29) is 0 Å². The summed E-state index contributed by atoms with van der Waals surface area (Å²) in [4.78, 5) is 15.4. The van der Waals surface area contributed by atoms with Crippen molar-refractivity contribution in [1.29, 1.82) is 0 Å². The molecule has 0 saturated heterocycles. The summed E-state index contributed by atoms with van der Waals surface area (Å²) in [6, 6.07) is 5.50. The summed E-state index contributed by atoms with van der Waals surface area (Å²) < 4.78 is 9.96. The van der Waals surface area contributed by atoms with Gasteiger partial charge in [-0.3, -0.25) is 4.98 Å². The maximum Gasteiger partial charge on any atom is 0.417 e. The Bertz CT molecular complexity index is 515. The molecular weight excluding hydrogens is 196 g/mol. The lowest BCUT2D eigenvalue weighted by Gasteiger charge is -2.17. The van der Waals surface area contributed by atoms with Gasteiger partial charge in [-0.2, -0.15) is 0 Å². The van der Waals surface area contributed by atoms with Crippen LogP contribution < -0.4 is 10.7 Å². The minimum absolute atomic E-state index is 0.434. The molecule has 0 aliphatic rings. The first kappa shape index (κ1) is 9.79. The number of aromatic nitrogens is 1. The van der Waals surface area contributed by atoms with Crippen molar-refractivity contribution in [3.63, 3.8) is 0 Å². The molecule has 0 saturated carbocycles.